The molecule has 0 aromatic heterocycles. The van der Waals surface area contributed by atoms with Crippen molar-refractivity contribution in [2.45, 2.75) is 51.6 Å². The molecule has 7 nitrogen and oxygen atoms in total. The largest absolute Gasteiger partial charge is 0.460 e. The Bertz CT molecular complexity index is 838. The topological polar surface area (TPSA) is 99.7 Å². The molecule has 1 amide bonds. The van der Waals surface area contributed by atoms with Crippen molar-refractivity contribution in [2.75, 3.05) is 11.9 Å². The van der Waals surface area contributed by atoms with Crippen LogP contribution in [0.1, 0.15) is 32.8 Å². The van der Waals surface area contributed by atoms with Crippen LogP contribution in [0.25, 0.3) is 0 Å². The Morgan fingerprint density at radius 3 is 2.32 bits per heavy atom. The van der Waals surface area contributed by atoms with Crippen molar-refractivity contribution in [3.63, 3.8) is 0 Å². The van der Waals surface area contributed by atoms with Crippen LogP contribution in [0, 0.1) is 0 Å². The number of benzene rings is 2. The molecule has 2 rings (SSSR count). The maximum atomic E-state index is 12.8. The van der Waals surface area contributed by atoms with Gasteiger partial charge in [0.15, 0.2) is 6.35 Å². The van der Waals surface area contributed by atoms with Crippen LogP contribution in [-0.2, 0) is 20.7 Å². The Balaban J connectivity index is 1.96. The zero-order valence-corrected chi connectivity index (χ0v) is 19.6. The van der Waals surface area contributed by atoms with E-state index in [2.05, 4.69) is 31.9 Å². The second kappa shape index (κ2) is 11.8. The maximum absolute atomic E-state index is 12.8. The van der Waals surface area contributed by atoms with E-state index in [1.165, 1.54) is 0 Å². The van der Waals surface area contributed by atoms with Crippen molar-refractivity contribution in [1.82, 2.24) is 10.6 Å². The highest BCUT2D eigenvalue weighted by Gasteiger charge is 2.22. The van der Waals surface area contributed by atoms with Gasteiger partial charge in [0.05, 0.1) is 12.5 Å². The molecule has 0 saturated carbocycles. The van der Waals surface area contributed by atoms with Crippen LogP contribution in [0.2, 0.25) is 0 Å². The highest BCUT2D eigenvalue weighted by molar-refractivity contribution is 9.10. The predicted octanol–water partition coefficient (Wildman–Crippen LogP) is 3.19. The number of esters is 1. The van der Waals surface area contributed by atoms with Gasteiger partial charge in [-0.25, -0.2) is 0 Å². The van der Waals surface area contributed by atoms with Crippen molar-refractivity contribution < 1.29 is 19.4 Å². The number of hydrogen-bond donors (Lipinski definition) is 4. The van der Waals surface area contributed by atoms with E-state index in [0.717, 1.165) is 10.0 Å². The van der Waals surface area contributed by atoms with Gasteiger partial charge in [-0.15, -0.1) is 0 Å². The number of halogens is 1. The molecule has 0 fully saturated rings. The van der Waals surface area contributed by atoms with Crippen molar-refractivity contribution in [3.05, 3.63) is 64.6 Å². The number of aliphatic hydroxyl groups excluding tert-OH is 1. The lowest BCUT2D eigenvalue weighted by Gasteiger charge is -2.24. The van der Waals surface area contributed by atoms with E-state index in [1.54, 1.807) is 20.8 Å². The second-order valence-electron chi connectivity index (χ2n) is 8.09. The Morgan fingerprint density at radius 1 is 1.06 bits per heavy atom. The first kappa shape index (κ1) is 24.8. The van der Waals surface area contributed by atoms with Crippen LogP contribution in [0.3, 0.4) is 0 Å². The minimum absolute atomic E-state index is 0.0702. The van der Waals surface area contributed by atoms with Gasteiger partial charge >= 0.3 is 5.97 Å². The number of nitrogens with one attached hydrogen (secondary N) is 3. The summed E-state index contributed by atoms with van der Waals surface area (Å²) < 4.78 is 6.18. The fourth-order valence-corrected chi connectivity index (χ4v) is 3.08. The molecule has 0 aliphatic heterocycles. The molecule has 0 bridgehead atoms. The molecular weight excluding hydrogens is 462 g/mol. The second-order valence-corrected chi connectivity index (χ2v) is 9.01. The third-order valence-corrected chi connectivity index (χ3v) is 4.68. The standard InChI is InChI=1S/C23H30BrN3O4/c1-23(2,3)31-20(28)13-14-25-21(29)19(15-16-7-5-4-6-8-16)27-22(30)26-18-11-9-17(24)10-12-18/h4-12,19,22,26-27,30H,13-15H2,1-3H3,(H,25,29)/t19-,22?/m0/s1. The van der Waals surface area contributed by atoms with E-state index in [4.69, 9.17) is 4.74 Å². The number of anilines is 1. The number of ether oxygens (including phenoxy) is 1. The van der Waals surface area contributed by atoms with Crippen LogP contribution in [0.5, 0.6) is 0 Å². The van der Waals surface area contributed by atoms with Crippen LogP contribution < -0.4 is 16.0 Å². The summed E-state index contributed by atoms with van der Waals surface area (Å²) >= 11 is 3.37. The highest BCUT2D eigenvalue weighted by atomic mass is 79.9. The summed E-state index contributed by atoms with van der Waals surface area (Å²) in [5.74, 6) is -0.693. The third kappa shape index (κ3) is 9.95. The number of aliphatic hydroxyl groups is 1. The normalized spacial score (nSPS) is 13.2. The molecule has 0 aliphatic carbocycles. The summed E-state index contributed by atoms with van der Waals surface area (Å²) in [4.78, 5) is 24.6. The van der Waals surface area contributed by atoms with E-state index in [1.807, 2.05) is 54.6 Å². The lowest BCUT2D eigenvalue weighted by Crippen LogP contribution is -2.52. The minimum Gasteiger partial charge on any atom is -0.460 e. The van der Waals surface area contributed by atoms with Crippen LogP contribution >= 0.6 is 15.9 Å². The average molecular weight is 492 g/mol. The molecule has 2 aromatic rings. The number of carbonyl (C=O) groups is 2. The molecule has 2 atom stereocenters. The minimum atomic E-state index is -1.15. The Labute approximate surface area is 191 Å². The molecular formula is C23H30BrN3O4. The Morgan fingerprint density at radius 2 is 1.71 bits per heavy atom. The lowest BCUT2D eigenvalue weighted by atomic mass is 10.1. The zero-order valence-electron chi connectivity index (χ0n) is 18.0. The molecule has 0 heterocycles. The van der Waals surface area contributed by atoms with Gasteiger partial charge in [0.25, 0.3) is 0 Å². The van der Waals surface area contributed by atoms with E-state index in [0.29, 0.717) is 12.1 Å². The monoisotopic (exact) mass is 491 g/mol. The van der Waals surface area contributed by atoms with E-state index in [9.17, 15) is 14.7 Å². The smallest absolute Gasteiger partial charge is 0.308 e. The lowest BCUT2D eigenvalue weighted by molar-refractivity contribution is -0.154. The number of rotatable bonds is 10. The molecule has 4 N–H and O–H groups in total. The predicted molar refractivity (Wildman–Crippen MR) is 124 cm³/mol. The summed E-state index contributed by atoms with van der Waals surface area (Å²) in [6, 6.07) is 16.1. The van der Waals surface area contributed by atoms with Gasteiger partial charge in [-0.2, -0.15) is 0 Å². The summed E-state index contributed by atoms with van der Waals surface area (Å²) in [7, 11) is 0. The number of hydrogen-bond acceptors (Lipinski definition) is 6. The van der Waals surface area contributed by atoms with E-state index < -0.39 is 18.0 Å². The van der Waals surface area contributed by atoms with Crippen LogP contribution in [0.15, 0.2) is 59.1 Å². The molecule has 1 unspecified atom stereocenters. The van der Waals surface area contributed by atoms with Crippen molar-refractivity contribution >= 4 is 33.5 Å². The van der Waals surface area contributed by atoms with Gasteiger partial charge in [-0.1, -0.05) is 46.3 Å². The quantitative estimate of drug-likeness (QED) is 0.301. The van der Waals surface area contributed by atoms with Crippen LogP contribution in [-0.4, -0.2) is 41.5 Å². The number of amides is 1. The SMILES string of the molecule is CC(C)(C)OC(=O)CCNC(=O)[C@H](Cc1ccccc1)NC(O)Nc1ccc(Br)cc1. The van der Waals surface area contributed by atoms with Gasteiger partial charge in [-0.3, -0.25) is 14.9 Å². The van der Waals surface area contributed by atoms with Crippen LogP contribution in [0.4, 0.5) is 5.69 Å². The van der Waals surface area contributed by atoms with Gasteiger partial charge in [0, 0.05) is 16.7 Å². The molecule has 2 aromatic carbocycles. The number of carbonyl (C=O) groups excluding carboxylic acids is 2. The molecule has 0 radical (unpaired) electrons. The third-order valence-electron chi connectivity index (χ3n) is 4.15. The van der Waals surface area contributed by atoms with Gasteiger partial charge in [-0.05, 0) is 57.0 Å². The Kier molecular flexibility index (Phi) is 9.48. The molecule has 0 aliphatic rings. The molecule has 0 saturated heterocycles. The molecule has 168 valence electrons. The summed E-state index contributed by atoms with van der Waals surface area (Å²) in [5.41, 5.74) is 1.08. The first-order valence-electron chi connectivity index (χ1n) is 10.1. The van der Waals surface area contributed by atoms with E-state index >= 15 is 0 Å². The fraction of sp³-hybridized carbons (Fsp3) is 0.391. The van der Waals surface area contributed by atoms with Gasteiger partial charge in [0.2, 0.25) is 5.91 Å². The average Bonchev–Trinajstić information content (AvgIpc) is 2.68. The Hall–Kier alpha value is -2.42. The molecule has 31 heavy (non-hydrogen) atoms. The first-order chi connectivity index (χ1) is 14.6. The highest BCUT2D eigenvalue weighted by Crippen LogP contribution is 2.14. The van der Waals surface area contributed by atoms with Crippen molar-refractivity contribution in [3.8, 4) is 0 Å². The van der Waals surface area contributed by atoms with Gasteiger partial charge < -0.3 is 20.5 Å². The van der Waals surface area contributed by atoms with Gasteiger partial charge in [0.1, 0.15) is 5.60 Å². The fourth-order valence-electron chi connectivity index (χ4n) is 2.82. The summed E-state index contributed by atoms with van der Waals surface area (Å²) in [6.45, 7) is 5.53. The van der Waals surface area contributed by atoms with Crippen molar-refractivity contribution in [2.24, 2.45) is 0 Å². The van der Waals surface area contributed by atoms with E-state index in [-0.39, 0.29) is 24.8 Å². The molecule has 0 spiro atoms. The summed E-state index contributed by atoms with van der Waals surface area (Å²) in [6.07, 6.45) is -0.703. The van der Waals surface area contributed by atoms with Crippen molar-refractivity contribution in [1.29, 1.82) is 0 Å². The molecule has 8 heteroatoms. The summed E-state index contributed by atoms with van der Waals surface area (Å²) in [5, 5.41) is 19.0. The zero-order chi connectivity index (χ0) is 22.9. The first-order valence-corrected chi connectivity index (χ1v) is 10.9. The maximum Gasteiger partial charge on any atom is 0.308 e.